The number of ether oxygens (including phenoxy) is 1. The molecular formula is C41H72O2Si7. The van der Waals surface area contributed by atoms with Crippen LogP contribution in [0.15, 0.2) is 60.7 Å². The third kappa shape index (κ3) is 8.66. The quantitative estimate of drug-likeness (QED) is 0.170. The average Bonchev–Trinajstić information content (AvgIpc) is 2.89. The molecule has 0 saturated carbocycles. The minimum atomic E-state index is -2.21. The Hall–Kier alpha value is -1.06. The highest BCUT2D eigenvalue weighted by Gasteiger charge is 2.49. The van der Waals surface area contributed by atoms with Crippen molar-refractivity contribution in [2.45, 2.75) is 139 Å². The molecule has 3 aromatic carbocycles. The molecule has 0 radical (unpaired) electrons. The molecule has 0 N–H and O–H groups in total. The average molecular weight is 794 g/mol. The van der Waals surface area contributed by atoms with Crippen molar-refractivity contribution in [3.05, 3.63) is 88.5 Å². The van der Waals surface area contributed by atoms with E-state index in [2.05, 4.69) is 186 Å². The van der Waals surface area contributed by atoms with Crippen LogP contribution in [0.4, 0.5) is 0 Å². The highest BCUT2D eigenvalue weighted by Crippen LogP contribution is 2.49. The van der Waals surface area contributed by atoms with Gasteiger partial charge in [0.15, 0.2) is 0 Å². The van der Waals surface area contributed by atoms with Gasteiger partial charge in [-0.15, -0.1) is 0 Å². The molecule has 0 amide bonds. The summed E-state index contributed by atoms with van der Waals surface area (Å²) in [6.07, 6.45) is 0. The van der Waals surface area contributed by atoms with Crippen LogP contribution >= 0.6 is 0 Å². The first-order valence-electron chi connectivity index (χ1n) is 19.2. The lowest BCUT2D eigenvalue weighted by molar-refractivity contribution is 0.410. The molecule has 50 heavy (non-hydrogen) atoms. The van der Waals surface area contributed by atoms with Gasteiger partial charge in [-0.3, -0.25) is 0 Å². The summed E-state index contributed by atoms with van der Waals surface area (Å²) in [5, 5.41) is 3.64. The molecule has 1 aliphatic heterocycles. The zero-order chi connectivity index (χ0) is 38.0. The first-order chi connectivity index (χ1) is 22.6. The highest BCUT2D eigenvalue weighted by atomic mass is 28.4. The summed E-state index contributed by atoms with van der Waals surface area (Å²) in [5.74, 6) is 2.00. The van der Waals surface area contributed by atoms with Crippen molar-refractivity contribution < 1.29 is 9.16 Å². The Bertz CT molecular complexity index is 1520. The second-order valence-electron chi connectivity index (χ2n) is 21.9. The topological polar surface area (TPSA) is 18.5 Å². The van der Waals surface area contributed by atoms with E-state index in [1.165, 1.54) is 11.1 Å². The van der Waals surface area contributed by atoms with Gasteiger partial charge in [0, 0.05) is 72.2 Å². The van der Waals surface area contributed by atoms with Crippen LogP contribution in [0.3, 0.4) is 0 Å². The molecule has 0 spiro atoms. The van der Waals surface area contributed by atoms with E-state index in [9.17, 15) is 0 Å². The Labute approximate surface area is 316 Å². The summed E-state index contributed by atoms with van der Waals surface area (Å²) >= 11 is 0. The van der Waals surface area contributed by atoms with E-state index in [0.29, 0.717) is 15.5 Å². The molecule has 2 nitrogen and oxygen atoms in total. The number of hydrogen-bond donors (Lipinski definition) is 0. The fraction of sp³-hybridized carbons (Fsp3) is 0.561. The molecule has 1 aliphatic rings. The van der Waals surface area contributed by atoms with Gasteiger partial charge in [-0.25, -0.2) is 0 Å². The molecule has 1 heterocycles. The molecule has 276 valence electrons. The summed E-state index contributed by atoms with van der Waals surface area (Å²) < 4.78 is 13.9. The number of benzene rings is 3. The molecule has 9 heteroatoms. The lowest BCUT2D eigenvalue weighted by Crippen LogP contribution is -2.56. The van der Waals surface area contributed by atoms with E-state index < -0.39 is 57.5 Å². The van der Waals surface area contributed by atoms with Gasteiger partial charge in [0.25, 0.3) is 0 Å². The zero-order valence-corrected chi connectivity index (χ0v) is 42.6. The maximum Gasteiger partial charge on any atom is 0.220 e. The summed E-state index contributed by atoms with van der Waals surface area (Å²) in [5.41, 5.74) is 7.93. The number of fused-ring (bicyclic) bond motifs is 2. The van der Waals surface area contributed by atoms with Crippen molar-refractivity contribution in [1.29, 1.82) is 0 Å². The van der Waals surface area contributed by atoms with Crippen molar-refractivity contribution in [3.8, 4) is 11.5 Å². The molecule has 4 rings (SSSR count). The fourth-order valence-electron chi connectivity index (χ4n) is 11.2. The molecule has 0 aromatic heterocycles. The standard InChI is InChI=1S/C41H72O2Si7/c1-42-44(37-31-24-20-22-26-35(31)43-36-27-23-21-25-32(36)37)38-33(40(47(8,9)10)48(11,12)13)28-30(39(45(2,3)4)46(5,6)7)29-34(38)41(49(14,15)16)50(17,18)19/h20-29,37,39-41,44H,1-19H3/t44-/m0/s1. The van der Waals surface area contributed by atoms with Crippen LogP contribution in [-0.2, 0) is 4.43 Å². The molecule has 0 aliphatic carbocycles. The van der Waals surface area contributed by atoms with Crippen LogP contribution in [0.5, 0.6) is 11.5 Å². The number of hydrogen-bond acceptors (Lipinski definition) is 2. The van der Waals surface area contributed by atoms with Gasteiger partial charge in [-0.2, -0.15) is 0 Å². The summed E-state index contributed by atoms with van der Waals surface area (Å²) in [6, 6.07) is 23.4. The van der Waals surface area contributed by atoms with E-state index in [-0.39, 0.29) is 5.54 Å². The van der Waals surface area contributed by atoms with Crippen molar-refractivity contribution in [1.82, 2.24) is 0 Å². The van der Waals surface area contributed by atoms with Gasteiger partial charge in [0.2, 0.25) is 9.04 Å². The van der Waals surface area contributed by atoms with Crippen molar-refractivity contribution in [2.24, 2.45) is 0 Å². The second kappa shape index (κ2) is 14.3. The van der Waals surface area contributed by atoms with Crippen LogP contribution < -0.4 is 9.92 Å². The van der Waals surface area contributed by atoms with Crippen molar-refractivity contribution in [3.63, 3.8) is 0 Å². The van der Waals surface area contributed by atoms with Crippen molar-refractivity contribution in [2.75, 3.05) is 7.11 Å². The van der Waals surface area contributed by atoms with E-state index in [0.717, 1.165) is 11.5 Å². The highest BCUT2D eigenvalue weighted by molar-refractivity contribution is 6.98. The van der Waals surface area contributed by atoms with Gasteiger partial charge in [0.05, 0.1) is 0 Å². The minimum absolute atomic E-state index is 0.183. The van der Waals surface area contributed by atoms with E-state index >= 15 is 0 Å². The monoisotopic (exact) mass is 792 g/mol. The van der Waals surface area contributed by atoms with Crippen LogP contribution in [0, 0.1) is 0 Å². The first kappa shape index (κ1) is 41.7. The maximum atomic E-state index is 7.22. The molecule has 0 bridgehead atoms. The largest absolute Gasteiger partial charge is 0.457 e. The second-order valence-corrected chi connectivity index (χ2v) is 58.1. The van der Waals surface area contributed by atoms with Gasteiger partial charge in [0.1, 0.15) is 11.5 Å². The Morgan fingerprint density at radius 3 is 1.12 bits per heavy atom. The molecule has 0 unspecified atom stereocenters. The molecule has 1 atom stereocenters. The number of rotatable bonds is 12. The van der Waals surface area contributed by atoms with Gasteiger partial charge in [-0.1, -0.05) is 166 Å². The zero-order valence-electron chi connectivity index (χ0n) is 35.5. The predicted octanol–water partition coefficient (Wildman–Crippen LogP) is 12.3. The van der Waals surface area contributed by atoms with E-state index in [4.69, 9.17) is 9.16 Å². The maximum absolute atomic E-state index is 7.22. The molecule has 0 fully saturated rings. The summed E-state index contributed by atoms with van der Waals surface area (Å²) in [7, 11) is -10.1. The molecule has 0 saturated heterocycles. The van der Waals surface area contributed by atoms with Gasteiger partial charge < -0.3 is 9.16 Å². The van der Waals surface area contributed by atoms with Crippen LogP contribution in [0.2, 0.25) is 118 Å². The van der Waals surface area contributed by atoms with E-state index in [1.807, 2.05) is 0 Å². The number of para-hydroxylation sites is 2. The molecule has 3 aromatic rings. The lowest BCUT2D eigenvalue weighted by Gasteiger charge is -2.47. The fourth-order valence-corrected chi connectivity index (χ4v) is 53.2. The summed E-state index contributed by atoms with van der Waals surface area (Å²) in [4.78, 5) is 0. The van der Waals surface area contributed by atoms with Crippen LogP contribution in [0.25, 0.3) is 0 Å². The van der Waals surface area contributed by atoms with Gasteiger partial charge >= 0.3 is 0 Å². The molecular weight excluding hydrogens is 721 g/mol. The SMILES string of the molecule is CO[Si@H](c1c(C([Si](C)(C)C)[Si](C)(C)C)cc(C([Si](C)(C)C)[Si](C)(C)C)cc1C([Si](C)(C)C)[Si](C)(C)C)C1c2ccccc2Oc2ccccc21. The minimum Gasteiger partial charge on any atom is -0.457 e. The van der Waals surface area contributed by atoms with Crippen LogP contribution in [0.1, 0.15) is 48.9 Å². The Balaban J connectivity index is 2.33. The Morgan fingerprint density at radius 1 is 0.500 bits per heavy atom. The first-order valence-corrected chi connectivity index (χ1v) is 42.3. The van der Waals surface area contributed by atoms with Gasteiger partial charge in [-0.05, 0) is 49.5 Å². The smallest absolute Gasteiger partial charge is 0.220 e. The normalized spacial score (nSPS) is 15.7. The summed E-state index contributed by atoms with van der Waals surface area (Å²) in [6.45, 7) is 47.9. The third-order valence-electron chi connectivity index (χ3n) is 11.0. The predicted molar refractivity (Wildman–Crippen MR) is 243 cm³/mol. The van der Waals surface area contributed by atoms with Crippen molar-refractivity contribution >= 4 is 62.7 Å². The Morgan fingerprint density at radius 2 is 0.820 bits per heavy atom. The van der Waals surface area contributed by atoms with E-state index in [1.54, 1.807) is 21.9 Å². The lowest BCUT2D eigenvalue weighted by atomic mass is 10.00. The van der Waals surface area contributed by atoms with Crippen LogP contribution in [-0.4, -0.2) is 64.6 Å². The third-order valence-corrected chi connectivity index (χ3v) is 41.9. The Kier molecular flexibility index (Phi) is 11.9.